The Kier molecular flexibility index (Phi) is 4.55. The highest BCUT2D eigenvalue weighted by Gasteiger charge is 2.16. The van der Waals surface area contributed by atoms with Crippen LogP contribution >= 0.6 is 0 Å². The summed E-state index contributed by atoms with van der Waals surface area (Å²) < 4.78 is 5.34. The van der Waals surface area contributed by atoms with Gasteiger partial charge in [0.1, 0.15) is 11.9 Å². The molecule has 5 nitrogen and oxygen atoms in total. The van der Waals surface area contributed by atoms with Crippen LogP contribution in [-0.2, 0) is 0 Å². The molecule has 0 spiro atoms. The molecular formula is C16H17NO4. The minimum atomic E-state index is -0.903. The maximum atomic E-state index is 11.0. The van der Waals surface area contributed by atoms with E-state index in [1.165, 1.54) is 6.07 Å². The molecule has 5 heteroatoms. The van der Waals surface area contributed by atoms with Crippen LogP contribution in [-0.4, -0.2) is 16.6 Å². The SMILES string of the molecule is CCOc1ccc([C@H](O)c2ccc(C)c([N+](=O)[O-])c2)cc1. The number of benzene rings is 2. The summed E-state index contributed by atoms with van der Waals surface area (Å²) in [6.07, 6.45) is -0.903. The first kappa shape index (κ1) is 15.0. The molecule has 0 aliphatic carbocycles. The highest BCUT2D eigenvalue weighted by atomic mass is 16.6. The van der Waals surface area contributed by atoms with E-state index in [0.717, 1.165) is 5.75 Å². The smallest absolute Gasteiger partial charge is 0.272 e. The molecule has 0 bridgehead atoms. The first-order valence-electron chi connectivity index (χ1n) is 6.68. The van der Waals surface area contributed by atoms with E-state index in [1.807, 2.05) is 6.92 Å². The molecule has 0 fully saturated rings. The lowest BCUT2D eigenvalue weighted by molar-refractivity contribution is -0.385. The van der Waals surface area contributed by atoms with Crippen molar-refractivity contribution in [3.63, 3.8) is 0 Å². The van der Waals surface area contributed by atoms with Crippen molar-refractivity contribution in [3.05, 3.63) is 69.3 Å². The first-order valence-corrected chi connectivity index (χ1v) is 6.68. The third-order valence-electron chi connectivity index (χ3n) is 3.25. The molecule has 0 heterocycles. The molecule has 0 aliphatic rings. The predicted molar refractivity (Wildman–Crippen MR) is 79.5 cm³/mol. The normalized spacial score (nSPS) is 12.0. The van der Waals surface area contributed by atoms with Crippen LogP contribution in [0.1, 0.15) is 29.7 Å². The number of ether oxygens (including phenoxy) is 1. The highest BCUT2D eigenvalue weighted by molar-refractivity contribution is 5.45. The fourth-order valence-corrected chi connectivity index (χ4v) is 2.10. The number of nitro benzene ring substituents is 1. The van der Waals surface area contributed by atoms with Crippen molar-refractivity contribution in [2.24, 2.45) is 0 Å². The Balaban J connectivity index is 2.29. The zero-order chi connectivity index (χ0) is 15.4. The van der Waals surface area contributed by atoms with Gasteiger partial charge in [0.05, 0.1) is 11.5 Å². The molecule has 0 unspecified atom stereocenters. The Morgan fingerprint density at radius 1 is 1.19 bits per heavy atom. The van der Waals surface area contributed by atoms with Crippen LogP contribution in [0.2, 0.25) is 0 Å². The fraction of sp³-hybridized carbons (Fsp3) is 0.250. The number of hydrogen-bond acceptors (Lipinski definition) is 4. The number of aliphatic hydroxyl groups is 1. The van der Waals surface area contributed by atoms with Crippen LogP contribution in [0.3, 0.4) is 0 Å². The molecule has 2 aromatic carbocycles. The Hall–Kier alpha value is -2.40. The molecule has 0 aliphatic heterocycles. The van der Waals surface area contributed by atoms with Gasteiger partial charge in [0, 0.05) is 11.6 Å². The van der Waals surface area contributed by atoms with E-state index in [2.05, 4.69) is 0 Å². The van der Waals surface area contributed by atoms with E-state index in [-0.39, 0.29) is 5.69 Å². The van der Waals surface area contributed by atoms with Gasteiger partial charge in [-0.3, -0.25) is 10.1 Å². The lowest BCUT2D eigenvalue weighted by atomic mass is 9.99. The molecule has 0 aromatic heterocycles. The minimum absolute atomic E-state index is 0.0116. The number of nitro groups is 1. The van der Waals surface area contributed by atoms with Crippen molar-refractivity contribution in [1.82, 2.24) is 0 Å². The topological polar surface area (TPSA) is 72.6 Å². The highest BCUT2D eigenvalue weighted by Crippen LogP contribution is 2.28. The molecule has 0 radical (unpaired) electrons. The Morgan fingerprint density at radius 3 is 2.38 bits per heavy atom. The van der Waals surface area contributed by atoms with Gasteiger partial charge in [-0.05, 0) is 37.1 Å². The largest absolute Gasteiger partial charge is 0.494 e. The molecule has 0 amide bonds. The molecule has 110 valence electrons. The summed E-state index contributed by atoms with van der Waals surface area (Å²) in [6, 6.07) is 11.8. The van der Waals surface area contributed by atoms with E-state index >= 15 is 0 Å². The van der Waals surface area contributed by atoms with E-state index in [9.17, 15) is 15.2 Å². The lowest BCUT2D eigenvalue weighted by Crippen LogP contribution is -2.02. The average molecular weight is 287 g/mol. The van der Waals surface area contributed by atoms with Crippen LogP contribution in [0, 0.1) is 17.0 Å². The third kappa shape index (κ3) is 3.38. The van der Waals surface area contributed by atoms with Gasteiger partial charge < -0.3 is 9.84 Å². The van der Waals surface area contributed by atoms with Gasteiger partial charge in [-0.15, -0.1) is 0 Å². The van der Waals surface area contributed by atoms with Gasteiger partial charge in [0.25, 0.3) is 5.69 Å². The second kappa shape index (κ2) is 6.37. The number of nitrogens with zero attached hydrogens (tertiary/aromatic N) is 1. The van der Waals surface area contributed by atoms with Crippen molar-refractivity contribution in [1.29, 1.82) is 0 Å². The summed E-state index contributed by atoms with van der Waals surface area (Å²) in [5.74, 6) is 0.725. The number of hydrogen-bond donors (Lipinski definition) is 1. The molecule has 0 saturated carbocycles. The van der Waals surface area contributed by atoms with Crippen LogP contribution in [0.15, 0.2) is 42.5 Å². The first-order chi connectivity index (χ1) is 10.0. The van der Waals surface area contributed by atoms with E-state index in [4.69, 9.17) is 4.74 Å². The molecule has 21 heavy (non-hydrogen) atoms. The van der Waals surface area contributed by atoms with Gasteiger partial charge in [-0.1, -0.05) is 24.3 Å². The lowest BCUT2D eigenvalue weighted by Gasteiger charge is -2.13. The minimum Gasteiger partial charge on any atom is -0.494 e. The second-order valence-corrected chi connectivity index (χ2v) is 4.71. The quantitative estimate of drug-likeness (QED) is 0.676. The summed E-state index contributed by atoms with van der Waals surface area (Å²) in [6.45, 7) is 4.14. The van der Waals surface area contributed by atoms with Gasteiger partial charge in [-0.2, -0.15) is 0 Å². The van der Waals surface area contributed by atoms with Gasteiger partial charge in [-0.25, -0.2) is 0 Å². The van der Waals surface area contributed by atoms with Crippen molar-refractivity contribution >= 4 is 5.69 Å². The monoisotopic (exact) mass is 287 g/mol. The summed E-state index contributed by atoms with van der Waals surface area (Å²) in [4.78, 5) is 10.5. The van der Waals surface area contributed by atoms with E-state index in [0.29, 0.717) is 23.3 Å². The Morgan fingerprint density at radius 2 is 1.81 bits per heavy atom. The molecule has 1 N–H and O–H groups in total. The standard InChI is InChI=1S/C16H17NO4/c1-3-21-14-8-6-12(7-9-14)16(18)13-5-4-11(2)15(10-13)17(19)20/h4-10,16,18H,3H2,1-2H3/t16-/m0/s1. The van der Waals surface area contributed by atoms with Crippen LogP contribution in [0.5, 0.6) is 5.75 Å². The molecule has 0 saturated heterocycles. The third-order valence-corrected chi connectivity index (χ3v) is 3.25. The van der Waals surface area contributed by atoms with Crippen molar-refractivity contribution in [2.45, 2.75) is 20.0 Å². The number of aliphatic hydroxyl groups excluding tert-OH is 1. The molecule has 2 rings (SSSR count). The van der Waals surface area contributed by atoms with Crippen LogP contribution in [0.25, 0.3) is 0 Å². The average Bonchev–Trinajstić information content (AvgIpc) is 2.48. The van der Waals surface area contributed by atoms with Crippen molar-refractivity contribution in [3.8, 4) is 5.75 Å². The van der Waals surface area contributed by atoms with E-state index in [1.54, 1.807) is 43.3 Å². The van der Waals surface area contributed by atoms with Gasteiger partial charge in [0.2, 0.25) is 0 Å². The van der Waals surface area contributed by atoms with Gasteiger partial charge >= 0.3 is 0 Å². The van der Waals surface area contributed by atoms with Crippen molar-refractivity contribution in [2.75, 3.05) is 6.61 Å². The van der Waals surface area contributed by atoms with Gasteiger partial charge in [0.15, 0.2) is 0 Å². The zero-order valence-electron chi connectivity index (χ0n) is 11.9. The Bertz CT molecular complexity index is 637. The zero-order valence-corrected chi connectivity index (χ0v) is 11.9. The summed E-state index contributed by atoms with van der Waals surface area (Å²) >= 11 is 0. The fourth-order valence-electron chi connectivity index (χ4n) is 2.10. The van der Waals surface area contributed by atoms with Crippen LogP contribution in [0.4, 0.5) is 5.69 Å². The molecule has 1 atom stereocenters. The number of aryl methyl sites for hydroxylation is 1. The molecular weight excluding hydrogens is 270 g/mol. The van der Waals surface area contributed by atoms with E-state index < -0.39 is 11.0 Å². The number of rotatable bonds is 5. The Labute approximate surface area is 123 Å². The summed E-state index contributed by atoms with van der Waals surface area (Å²) in [7, 11) is 0. The maximum absolute atomic E-state index is 11.0. The summed E-state index contributed by atoms with van der Waals surface area (Å²) in [5.41, 5.74) is 1.74. The van der Waals surface area contributed by atoms with Crippen molar-refractivity contribution < 1.29 is 14.8 Å². The predicted octanol–water partition coefficient (Wildman–Crippen LogP) is 3.38. The second-order valence-electron chi connectivity index (χ2n) is 4.71. The van der Waals surface area contributed by atoms with Crippen LogP contribution < -0.4 is 4.74 Å². The molecule has 2 aromatic rings. The maximum Gasteiger partial charge on any atom is 0.272 e. The summed E-state index contributed by atoms with van der Waals surface area (Å²) in [5, 5.41) is 21.3.